The van der Waals surface area contributed by atoms with Gasteiger partial charge in [-0.2, -0.15) is 0 Å². The Balaban J connectivity index is 2.36. The summed E-state index contributed by atoms with van der Waals surface area (Å²) in [5.74, 6) is -0.431. The number of phenolic OH excluding ortho intramolecular Hbond substituents is 1. The first kappa shape index (κ1) is 14.5. The van der Waals surface area contributed by atoms with Gasteiger partial charge in [-0.3, -0.25) is 14.9 Å². The lowest BCUT2D eigenvalue weighted by Gasteiger charge is -2.09. The smallest absolute Gasteiger partial charge is 0.282 e. The van der Waals surface area contributed by atoms with Gasteiger partial charge in [0.2, 0.25) is 0 Å². The predicted molar refractivity (Wildman–Crippen MR) is 78.6 cm³/mol. The normalized spacial score (nSPS) is 10.2. The zero-order chi connectivity index (χ0) is 15.6. The highest BCUT2D eigenvalue weighted by Crippen LogP contribution is 2.25. The Morgan fingerprint density at radius 1 is 1.19 bits per heavy atom. The molecule has 0 spiro atoms. The fraction of sp³-hybridized carbons (Fsp3) is 0.133. The molecule has 21 heavy (non-hydrogen) atoms. The number of nitrogens with one attached hydrogen (secondary N) is 1. The highest BCUT2D eigenvalue weighted by atomic mass is 16.6. The number of nitro groups is 1. The number of nitrogens with zero attached hydrogens (tertiary/aromatic N) is 1. The van der Waals surface area contributed by atoms with Crippen molar-refractivity contribution in [3.05, 3.63) is 63.2 Å². The van der Waals surface area contributed by atoms with E-state index in [0.29, 0.717) is 16.8 Å². The van der Waals surface area contributed by atoms with E-state index < -0.39 is 10.8 Å². The van der Waals surface area contributed by atoms with Gasteiger partial charge in [-0.05, 0) is 43.2 Å². The molecule has 2 N–H and O–H groups in total. The summed E-state index contributed by atoms with van der Waals surface area (Å²) in [6.07, 6.45) is 0. The van der Waals surface area contributed by atoms with Crippen LogP contribution >= 0.6 is 0 Å². The predicted octanol–water partition coefficient (Wildman–Crippen LogP) is 3.17. The van der Waals surface area contributed by atoms with E-state index in [2.05, 4.69) is 5.32 Å². The number of benzene rings is 2. The van der Waals surface area contributed by atoms with Crippen molar-refractivity contribution in [1.82, 2.24) is 0 Å². The monoisotopic (exact) mass is 286 g/mol. The van der Waals surface area contributed by atoms with Crippen LogP contribution in [0.3, 0.4) is 0 Å². The molecule has 0 saturated carbocycles. The molecule has 6 heteroatoms. The molecular weight excluding hydrogens is 272 g/mol. The van der Waals surface area contributed by atoms with Crippen molar-refractivity contribution in [3.63, 3.8) is 0 Å². The fourth-order valence-electron chi connectivity index (χ4n) is 2.03. The molecule has 2 aromatic carbocycles. The number of hydrogen-bond acceptors (Lipinski definition) is 4. The summed E-state index contributed by atoms with van der Waals surface area (Å²) in [7, 11) is 0. The Bertz CT molecular complexity index is 726. The van der Waals surface area contributed by atoms with E-state index in [-0.39, 0.29) is 17.0 Å². The van der Waals surface area contributed by atoms with Crippen molar-refractivity contribution in [1.29, 1.82) is 0 Å². The number of aryl methyl sites for hydroxylation is 2. The minimum atomic E-state index is -0.579. The number of amides is 1. The van der Waals surface area contributed by atoms with Crippen LogP contribution in [0.2, 0.25) is 0 Å². The van der Waals surface area contributed by atoms with E-state index in [1.54, 1.807) is 26.0 Å². The lowest BCUT2D eigenvalue weighted by molar-refractivity contribution is -0.385. The van der Waals surface area contributed by atoms with Gasteiger partial charge in [0.25, 0.3) is 11.6 Å². The third kappa shape index (κ3) is 3.00. The van der Waals surface area contributed by atoms with E-state index in [0.717, 1.165) is 0 Å². The molecule has 0 fully saturated rings. The molecule has 108 valence electrons. The van der Waals surface area contributed by atoms with Gasteiger partial charge in [0.15, 0.2) is 0 Å². The third-order valence-electron chi connectivity index (χ3n) is 3.13. The number of carbonyl (C=O) groups is 1. The van der Waals surface area contributed by atoms with Gasteiger partial charge in [-0.1, -0.05) is 12.1 Å². The minimum Gasteiger partial charge on any atom is -0.508 e. The number of nitro benzene ring substituents is 1. The van der Waals surface area contributed by atoms with Crippen molar-refractivity contribution in [2.75, 3.05) is 5.32 Å². The van der Waals surface area contributed by atoms with Gasteiger partial charge in [0.1, 0.15) is 11.3 Å². The van der Waals surface area contributed by atoms with Gasteiger partial charge in [0, 0.05) is 11.8 Å². The molecule has 0 saturated heterocycles. The van der Waals surface area contributed by atoms with Crippen LogP contribution in [-0.4, -0.2) is 15.9 Å². The molecule has 0 aliphatic carbocycles. The van der Waals surface area contributed by atoms with Crippen LogP contribution < -0.4 is 5.32 Å². The minimum absolute atomic E-state index is 0.0354. The van der Waals surface area contributed by atoms with Crippen LogP contribution in [0.25, 0.3) is 0 Å². The number of aromatic hydroxyl groups is 1. The van der Waals surface area contributed by atoms with E-state index in [1.807, 2.05) is 0 Å². The first-order valence-corrected chi connectivity index (χ1v) is 6.25. The Morgan fingerprint density at radius 2 is 1.90 bits per heavy atom. The molecule has 0 radical (unpaired) electrons. The summed E-state index contributed by atoms with van der Waals surface area (Å²) in [6.45, 7) is 3.34. The molecule has 2 rings (SSSR count). The van der Waals surface area contributed by atoms with Crippen molar-refractivity contribution in [2.45, 2.75) is 13.8 Å². The molecule has 2 aromatic rings. The van der Waals surface area contributed by atoms with Gasteiger partial charge in [-0.15, -0.1) is 0 Å². The molecule has 0 aliphatic rings. The largest absolute Gasteiger partial charge is 0.508 e. The Morgan fingerprint density at radius 3 is 2.52 bits per heavy atom. The Hall–Kier alpha value is -2.89. The second kappa shape index (κ2) is 5.62. The molecule has 1 amide bonds. The topological polar surface area (TPSA) is 92.5 Å². The number of hydrogen-bond donors (Lipinski definition) is 2. The van der Waals surface area contributed by atoms with Crippen molar-refractivity contribution < 1.29 is 14.8 Å². The van der Waals surface area contributed by atoms with Gasteiger partial charge < -0.3 is 10.4 Å². The summed E-state index contributed by atoms with van der Waals surface area (Å²) >= 11 is 0. The second-order valence-corrected chi connectivity index (χ2v) is 4.68. The van der Waals surface area contributed by atoms with Gasteiger partial charge >= 0.3 is 0 Å². The molecule has 0 bridgehead atoms. The van der Waals surface area contributed by atoms with Crippen LogP contribution in [0, 0.1) is 24.0 Å². The standard InChI is InChI=1S/C15H14N2O4/c1-9-4-3-5-12(17(20)21)14(9)15(19)16-11-6-7-13(18)10(2)8-11/h3-8,18H,1-2H3,(H,16,19). The van der Waals surface area contributed by atoms with Crippen molar-refractivity contribution >= 4 is 17.3 Å². The van der Waals surface area contributed by atoms with E-state index in [4.69, 9.17) is 0 Å². The molecule has 0 atom stereocenters. The van der Waals surface area contributed by atoms with E-state index in [9.17, 15) is 20.0 Å². The summed E-state index contributed by atoms with van der Waals surface area (Å²) < 4.78 is 0. The number of carbonyl (C=O) groups excluding carboxylic acids is 1. The third-order valence-corrected chi connectivity index (χ3v) is 3.13. The molecule has 6 nitrogen and oxygen atoms in total. The summed E-state index contributed by atoms with van der Waals surface area (Å²) in [4.78, 5) is 22.7. The van der Waals surface area contributed by atoms with Crippen molar-refractivity contribution in [3.8, 4) is 5.75 Å². The summed E-state index contributed by atoms with van der Waals surface area (Å²) in [6, 6.07) is 9.06. The SMILES string of the molecule is Cc1cc(NC(=O)c2c(C)cccc2[N+](=O)[O-])ccc1O. The molecule has 0 aromatic heterocycles. The van der Waals surface area contributed by atoms with E-state index >= 15 is 0 Å². The maximum absolute atomic E-state index is 12.3. The lowest BCUT2D eigenvalue weighted by Crippen LogP contribution is -2.15. The highest BCUT2D eigenvalue weighted by molar-refractivity contribution is 6.08. The van der Waals surface area contributed by atoms with Crippen LogP contribution in [-0.2, 0) is 0 Å². The van der Waals surface area contributed by atoms with Crippen LogP contribution in [0.5, 0.6) is 5.75 Å². The number of phenols is 1. The summed E-state index contributed by atoms with van der Waals surface area (Å²) in [5, 5.41) is 23.1. The number of rotatable bonds is 3. The zero-order valence-electron chi connectivity index (χ0n) is 11.6. The van der Waals surface area contributed by atoms with E-state index in [1.165, 1.54) is 24.3 Å². The highest BCUT2D eigenvalue weighted by Gasteiger charge is 2.22. The van der Waals surface area contributed by atoms with Gasteiger partial charge in [0.05, 0.1) is 4.92 Å². The molecule has 0 heterocycles. The fourth-order valence-corrected chi connectivity index (χ4v) is 2.03. The second-order valence-electron chi connectivity index (χ2n) is 4.68. The first-order valence-electron chi connectivity index (χ1n) is 6.25. The average Bonchev–Trinajstić information content (AvgIpc) is 2.42. The maximum Gasteiger partial charge on any atom is 0.282 e. The van der Waals surface area contributed by atoms with Crippen LogP contribution in [0.4, 0.5) is 11.4 Å². The first-order chi connectivity index (χ1) is 9.90. The zero-order valence-corrected chi connectivity index (χ0v) is 11.6. The van der Waals surface area contributed by atoms with Crippen molar-refractivity contribution in [2.24, 2.45) is 0 Å². The lowest BCUT2D eigenvalue weighted by atomic mass is 10.1. The average molecular weight is 286 g/mol. The molecule has 0 unspecified atom stereocenters. The van der Waals surface area contributed by atoms with Gasteiger partial charge in [-0.25, -0.2) is 0 Å². The molecule has 0 aliphatic heterocycles. The summed E-state index contributed by atoms with van der Waals surface area (Å²) in [5.41, 5.74) is 1.40. The van der Waals surface area contributed by atoms with Crippen LogP contribution in [0.1, 0.15) is 21.5 Å². The molecular formula is C15H14N2O4. The quantitative estimate of drug-likeness (QED) is 0.515. The maximum atomic E-state index is 12.3. The Labute approximate surface area is 121 Å². The Kier molecular flexibility index (Phi) is 3.89. The van der Waals surface area contributed by atoms with Crippen LogP contribution in [0.15, 0.2) is 36.4 Å². The number of anilines is 1.